The summed E-state index contributed by atoms with van der Waals surface area (Å²) in [5.74, 6) is 0.0378. The van der Waals surface area contributed by atoms with Crippen LogP contribution in [0.2, 0.25) is 0 Å². The molecule has 4 N–H and O–H groups in total. The summed E-state index contributed by atoms with van der Waals surface area (Å²) >= 11 is 0. The minimum atomic E-state index is -0.275. The highest BCUT2D eigenvalue weighted by Crippen LogP contribution is 2.08. The van der Waals surface area contributed by atoms with E-state index in [9.17, 15) is 9.59 Å². The van der Waals surface area contributed by atoms with Crippen molar-refractivity contribution in [2.24, 2.45) is 11.7 Å². The van der Waals surface area contributed by atoms with Crippen LogP contribution in [0.4, 0.5) is 0 Å². The van der Waals surface area contributed by atoms with Crippen LogP contribution < -0.4 is 16.7 Å². The molecule has 0 saturated heterocycles. The minimum absolute atomic E-state index is 0. The van der Waals surface area contributed by atoms with Gasteiger partial charge in [-0.05, 0) is 24.6 Å². The number of nitrogens with two attached hydrogens (primary N) is 1. The second-order valence-electron chi connectivity index (χ2n) is 4.68. The third-order valence-electron chi connectivity index (χ3n) is 3.03. The van der Waals surface area contributed by atoms with Crippen molar-refractivity contribution in [3.8, 4) is 0 Å². The Morgan fingerprint density at radius 2 is 2.15 bits per heavy atom. The molecule has 7 heteroatoms. The maximum atomic E-state index is 11.8. The molecular formula is C13H19ClN4O2. The van der Waals surface area contributed by atoms with E-state index in [4.69, 9.17) is 5.73 Å². The van der Waals surface area contributed by atoms with E-state index in [0.29, 0.717) is 13.1 Å². The van der Waals surface area contributed by atoms with E-state index < -0.39 is 0 Å². The summed E-state index contributed by atoms with van der Waals surface area (Å²) in [7, 11) is 0. The average Bonchev–Trinajstić information content (AvgIpc) is 2.72. The summed E-state index contributed by atoms with van der Waals surface area (Å²) in [6.45, 7) is 3.01. The van der Waals surface area contributed by atoms with Crippen LogP contribution in [0.3, 0.4) is 0 Å². The minimum Gasteiger partial charge on any atom is -0.354 e. The fourth-order valence-corrected chi connectivity index (χ4v) is 1.83. The number of nitrogens with one attached hydrogen (secondary N) is 2. The molecule has 0 saturated carbocycles. The molecule has 1 atom stereocenters. The molecule has 1 aromatic heterocycles. The molecule has 20 heavy (non-hydrogen) atoms. The number of imidazole rings is 1. The van der Waals surface area contributed by atoms with Gasteiger partial charge in [0.05, 0.1) is 11.0 Å². The van der Waals surface area contributed by atoms with Crippen LogP contribution in [-0.2, 0) is 11.3 Å². The summed E-state index contributed by atoms with van der Waals surface area (Å²) in [6, 6.07) is 7.29. The number of halogens is 1. The maximum Gasteiger partial charge on any atom is 0.326 e. The van der Waals surface area contributed by atoms with Crippen molar-refractivity contribution in [1.29, 1.82) is 0 Å². The van der Waals surface area contributed by atoms with Crippen LogP contribution in [0, 0.1) is 5.92 Å². The SMILES string of the molecule is CC(CN)CNC(=O)Cn1c(=O)[nH]c2ccccc21.Cl. The van der Waals surface area contributed by atoms with E-state index in [2.05, 4.69) is 10.3 Å². The largest absolute Gasteiger partial charge is 0.354 e. The Kier molecular flexibility index (Phi) is 5.79. The number of para-hydroxylation sites is 2. The summed E-state index contributed by atoms with van der Waals surface area (Å²) in [4.78, 5) is 26.3. The second-order valence-corrected chi connectivity index (χ2v) is 4.68. The van der Waals surface area contributed by atoms with Crippen LogP contribution in [0.15, 0.2) is 29.1 Å². The molecule has 1 aromatic carbocycles. The lowest BCUT2D eigenvalue weighted by Crippen LogP contribution is -2.35. The number of aromatic amines is 1. The number of aromatic nitrogens is 2. The van der Waals surface area contributed by atoms with Gasteiger partial charge >= 0.3 is 5.69 Å². The van der Waals surface area contributed by atoms with Crippen LogP contribution in [-0.4, -0.2) is 28.5 Å². The van der Waals surface area contributed by atoms with Gasteiger partial charge in [0.15, 0.2) is 0 Å². The predicted molar refractivity (Wildman–Crippen MR) is 81.0 cm³/mol. The topological polar surface area (TPSA) is 92.9 Å². The third kappa shape index (κ3) is 3.61. The second kappa shape index (κ2) is 7.12. The fourth-order valence-electron chi connectivity index (χ4n) is 1.83. The van der Waals surface area contributed by atoms with Gasteiger partial charge in [0.1, 0.15) is 6.54 Å². The van der Waals surface area contributed by atoms with E-state index in [1.54, 1.807) is 0 Å². The molecule has 110 valence electrons. The Balaban J connectivity index is 0.00000200. The van der Waals surface area contributed by atoms with Crippen molar-refractivity contribution in [1.82, 2.24) is 14.9 Å². The normalized spacial score (nSPS) is 11.9. The first-order chi connectivity index (χ1) is 9.11. The quantitative estimate of drug-likeness (QED) is 0.749. The Labute approximate surface area is 122 Å². The molecule has 0 aliphatic rings. The lowest BCUT2D eigenvalue weighted by atomic mass is 10.2. The lowest BCUT2D eigenvalue weighted by Gasteiger charge is -2.10. The van der Waals surface area contributed by atoms with E-state index >= 15 is 0 Å². The number of hydrogen-bond acceptors (Lipinski definition) is 3. The van der Waals surface area contributed by atoms with Gasteiger partial charge in [0.2, 0.25) is 5.91 Å². The third-order valence-corrected chi connectivity index (χ3v) is 3.03. The van der Waals surface area contributed by atoms with Crippen molar-refractivity contribution in [3.63, 3.8) is 0 Å². The number of carbonyl (C=O) groups excluding carboxylic acids is 1. The van der Waals surface area contributed by atoms with Gasteiger partial charge in [0.25, 0.3) is 0 Å². The summed E-state index contributed by atoms with van der Waals surface area (Å²) in [5, 5.41) is 2.77. The fraction of sp³-hybridized carbons (Fsp3) is 0.385. The van der Waals surface area contributed by atoms with Gasteiger partial charge in [-0.2, -0.15) is 0 Å². The smallest absolute Gasteiger partial charge is 0.326 e. The molecule has 6 nitrogen and oxygen atoms in total. The highest BCUT2D eigenvalue weighted by atomic mass is 35.5. The van der Waals surface area contributed by atoms with Crippen molar-refractivity contribution >= 4 is 29.3 Å². The zero-order valence-electron chi connectivity index (χ0n) is 11.3. The first-order valence-electron chi connectivity index (χ1n) is 6.26. The molecule has 1 amide bonds. The number of benzene rings is 1. The summed E-state index contributed by atoms with van der Waals surface area (Å²) < 4.78 is 1.43. The lowest BCUT2D eigenvalue weighted by molar-refractivity contribution is -0.121. The van der Waals surface area contributed by atoms with E-state index in [0.717, 1.165) is 11.0 Å². The van der Waals surface area contributed by atoms with E-state index in [1.165, 1.54) is 4.57 Å². The van der Waals surface area contributed by atoms with Gasteiger partial charge in [-0.25, -0.2) is 4.79 Å². The highest BCUT2D eigenvalue weighted by molar-refractivity contribution is 5.85. The number of nitrogens with zero attached hydrogens (tertiary/aromatic N) is 1. The zero-order chi connectivity index (χ0) is 13.8. The molecule has 0 bridgehead atoms. The molecule has 0 radical (unpaired) electrons. The molecule has 0 spiro atoms. The molecular weight excluding hydrogens is 280 g/mol. The summed E-state index contributed by atoms with van der Waals surface area (Å²) in [5.41, 5.74) is 6.67. The Hall–Kier alpha value is -1.79. The predicted octanol–water partition coefficient (Wildman–Crippen LogP) is 0.462. The number of H-pyrrole nitrogens is 1. The van der Waals surface area contributed by atoms with Crippen LogP contribution >= 0.6 is 12.4 Å². The molecule has 0 fully saturated rings. The number of carbonyl (C=O) groups is 1. The molecule has 2 rings (SSSR count). The number of amides is 1. The standard InChI is InChI=1S/C13H18N4O2.ClH/c1-9(6-14)7-15-12(18)8-17-11-5-3-2-4-10(11)16-13(17)19;/h2-5,9H,6-8,14H2,1H3,(H,15,18)(H,16,19);1H. The van der Waals surface area contributed by atoms with Gasteiger partial charge in [0, 0.05) is 6.54 Å². The molecule has 1 heterocycles. The van der Waals surface area contributed by atoms with Crippen molar-refractivity contribution in [2.75, 3.05) is 13.1 Å². The van der Waals surface area contributed by atoms with Gasteiger partial charge in [-0.3, -0.25) is 9.36 Å². The first kappa shape index (κ1) is 16.3. The maximum absolute atomic E-state index is 11.8. The number of rotatable bonds is 5. The molecule has 0 aliphatic carbocycles. The van der Waals surface area contributed by atoms with Crippen LogP contribution in [0.25, 0.3) is 11.0 Å². The van der Waals surface area contributed by atoms with Gasteiger partial charge in [-0.1, -0.05) is 19.1 Å². The summed E-state index contributed by atoms with van der Waals surface area (Å²) in [6.07, 6.45) is 0. The highest BCUT2D eigenvalue weighted by Gasteiger charge is 2.10. The van der Waals surface area contributed by atoms with Gasteiger partial charge in [-0.15, -0.1) is 12.4 Å². The van der Waals surface area contributed by atoms with Crippen molar-refractivity contribution < 1.29 is 4.79 Å². The Morgan fingerprint density at radius 3 is 2.85 bits per heavy atom. The number of hydrogen-bond donors (Lipinski definition) is 3. The van der Waals surface area contributed by atoms with Crippen LogP contribution in [0.1, 0.15) is 6.92 Å². The van der Waals surface area contributed by atoms with Crippen molar-refractivity contribution in [2.45, 2.75) is 13.5 Å². The Bertz CT molecular complexity index is 635. The Morgan fingerprint density at radius 1 is 1.45 bits per heavy atom. The molecule has 2 aromatic rings. The zero-order valence-corrected chi connectivity index (χ0v) is 12.1. The molecule has 0 aliphatic heterocycles. The van der Waals surface area contributed by atoms with Crippen molar-refractivity contribution in [3.05, 3.63) is 34.7 Å². The van der Waals surface area contributed by atoms with Gasteiger partial charge < -0.3 is 16.0 Å². The average molecular weight is 299 g/mol. The first-order valence-corrected chi connectivity index (χ1v) is 6.26. The molecule has 1 unspecified atom stereocenters. The van der Waals surface area contributed by atoms with E-state index in [-0.39, 0.29) is 36.5 Å². The van der Waals surface area contributed by atoms with Crippen LogP contribution in [0.5, 0.6) is 0 Å². The monoisotopic (exact) mass is 298 g/mol. The van der Waals surface area contributed by atoms with E-state index in [1.807, 2.05) is 31.2 Å². The number of fused-ring (bicyclic) bond motifs is 1.